The van der Waals surface area contributed by atoms with Crippen LogP contribution in [0, 0.1) is 12.7 Å². The summed E-state index contributed by atoms with van der Waals surface area (Å²) < 4.78 is 14.5. The number of benzene rings is 2. The number of carbonyl (C=O) groups is 2. The van der Waals surface area contributed by atoms with Crippen molar-refractivity contribution in [3.05, 3.63) is 58.5 Å². The summed E-state index contributed by atoms with van der Waals surface area (Å²) in [6.07, 6.45) is 0. The van der Waals surface area contributed by atoms with E-state index in [1.54, 1.807) is 19.1 Å². The molecule has 0 aliphatic carbocycles. The maximum atomic E-state index is 14.5. The molecule has 0 fully saturated rings. The van der Waals surface area contributed by atoms with Gasteiger partial charge in [0.15, 0.2) is 5.69 Å². The molecule has 0 spiro atoms. The lowest BCUT2D eigenvalue weighted by Crippen LogP contribution is -2.30. The van der Waals surface area contributed by atoms with Crippen molar-refractivity contribution in [1.82, 2.24) is 20.9 Å². The van der Waals surface area contributed by atoms with Gasteiger partial charge in [-0.15, -0.1) is 10.2 Å². The predicted octanol–water partition coefficient (Wildman–Crippen LogP) is 1.59. The van der Waals surface area contributed by atoms with E-state index in [1.807, 2.05) is 11.5 Å². The zero-order valence-electron chi connectivity index (χ0n) is 13.8. The van der Waals surface area contributed by atoms with Gasteiger partial charge in [-0.05, 0) is 47.9 Å². The molecule has 0 atom stereocenters. The van der Waals surface area contributed by atoms with Crippen molar-refractivity contribution in [2.24, 2.45) is 5.84 Å². The number of nitrogen functional groups attached to an aromatic ring is 1. The van der Waals surface area contributed by atoms with Gasteiger partial charge in [-0.2, -0.15) is 0 Å². The van der Waals surface area contributed by atoms with Gasteiger partial charge in [0.25, 0.3) is 11.8 Å². The second-order valence-corrected chi connectivity index (χ2v) is 6.07. The average molecular weight is 351 g/mol. The standard InChI is InChI=1S/C18H14FN5O2/c1-8-4-13(19)12-6-14(18(26)22-20)23-24-16(12)15(8)9-2-3-11-10(5-9)7-21-17(11)25/h2-6H,7,20H2,1H3,(H,21,25)(H,22,26). The van der Waals surface area contributed by atoms with E-state index >= 15 is 0 Å². The van der Waals surface area contributed by atoms with Gasteiger partial charge in [-0.25, -0.2) is 10.2 Å². The summed E-state index contributed by atoms with van der Waals surface area (Å²) in [6, 6.07) is 8.13. The minimum Gasteiger partial charge on any atom is -0.348 e. The summed E-state index contributed by atoms with van der Waals surface area (Å²) in [4.78, 5) is 23.4. The molecule has 0 radical (unpaired) electrons. The molecule has 4 N–H and O–H groups in total. The van der Waals surface area contributed by atoms with Gasteiger partial charge in [0.1, 0.15) is 11.3 Å². The number of hydrogen-bond acceptors (Lipinski definition) is 5. The van der Waals surface area contributed by atoms with Crippen LogP contribution in [0.5, 0.6) is 0 Å². The fourth-order valence-corrected chi connectivity index (χ4v) is 3.22. The van der Waals surface area contributed by atoms with E-state index in [-0.39, 0.29) is 17.0 Å². The van der Waals surface area contributed by atoms with Crippen molar-refractivity contribution >= 4 is 22.7 Å². The predicted molar refractivity (Wildman–Crippen MR) is 92.5 cm³/mol. The number of halogens is 1. The van der Waals surface area contributed by atoms with Crippen LogP contribution in [0.3, 0.4) is 0 Å². The molecule has 8 heteroatoms. The van der Waals surface area contributed by atoms with Crippen LogP contribution in [0.1, 0.15) is 32.0 Å². The summed E-state index contributed by atoms with van der Waals surface area (Å²) >= 11 is 0. The third-order valence-corrected chi connectivity index (χ3v) is 4.47. The van der Waals surface area contributed by atoms with Crippen molar-refractivity contribution in [2.45, 2.75) is 13.5 Å². The fourth-order valence-electron chi connectivity index (χ4n) is 3.22. The quantitative estimate of drug-likeness (QED) is 0.369. The van der Waals surface area contributed by atoms with Crippen LogP contribution in [-0.4, -0.2) is 22.0 Å². The molecule has 7 nitrogen and oxygen atoms in total. The fraction of sp³-hybridized carbons (Fsp3) is 0.111. The van der Waals surface area contributed by atoms with Crippen LogP contribution < -0.4 is 16.6 Å². The number of nitrogens with two attached hydrogens (primary N) is 1. The van der Waals surface area contributed by atoms with Crippen molar-refractivity contribution in [3.8, 4) is 11.1 Å². The monoisotopic (exact) mass is 351 g/mol. The molecule has 0 saturated heterocycles. The van der Waals surface area contributed by atoms with Gasteiger partial charge in [-0.1, -0.05) is 6.07 Å². The van der Waals surface area contributed by atoms with E-state index in [9.17, 15) is 14.0 Å². The number of aromatic nitrogens is 2. The molecule has 3 aromatic rings. The first kappa shape index (κ1) is 16.1. The van der Waals surface area contributed by atoms with E-state index in [1.165, 1.54) is 12.1 Å². The van der Waals surface area contributed by atoms with Gasteiger partial charge >= 0.3 is 0 Å². The number of amides is 2. The maximum absolute atomic E-state index is 14.5. The molecular formula is C18H14FN5O2. The number of hydrogen-bond donors (Lipinski definition) is 3. The zero-order chi connectivity index (χ0) is 18.4. The summed E-state index contributed by atoms with van der Waals surface area (Å²) in [5.74, 6) is 3.84. The van der Waals surface area contributed by atoms with Gasteiger partial charge in [0.05, 0.1) is 0 Å². The number of hydrazine groups is 1. The average Bonchev–Trinajstić information content (AvgIpc) is 3.01. The maximum Gasteiger partial charge on any atom is 0.285 e. The first-order chi connectivity index (χ1) is 12.5. The minimum absolute atomic E-state index is 0.0718. The Balaban J connectivity index is 1.95. The van der Waals surface area contributed by atoms with Gasteiger partial charge < -0.3 is 5.32 Å². The van der Waals surface area contributed by atoms with Crippen molar-refractivity contribution in [1.29, 1.82) is 0 Å². The smallest absolute Gasteiger partial charge is 0.285 e. The van der Waals surface area contributed by atoms with Crippen LogP contribution in [-0.2, 0) is 6.54 Å². The zero-order valence-corrected chi connectivity index (χ0v) is 13.8. The first-order valence-electron chi connectivity index (χ1n) is 7.88. The second kappa shape index (κ2) is 5.85. The van der Waals surface area contributed by atoms with Gasteiger partial charge in [-0.3, -0.25) is 15.0 Å². The Bertz CT molecular complexity index is 1100. The molecule has 0 bridgehead atoms. The summed E-state index contributed by atoms with van der Waals surface area (Å²) in [5.41, 5.74) is 5.91. The number of aryl methyl sites for hydroxylation is 1. The third kappa shape index (κ3) is 2.39. The minimum atomic E-state index is -0.650. The lowest BCUT2D eigenvalue weighted by Gasteiger charge is -2.12. The number of nitrogens with one attached hydrogen (secondary N) is 2. The normalized spacial score (nSPS) is 12.8. The third-order valence-electron chi connectivity index (χ3n) is 4.47. The number of fused-ring (bicyclic) bond motifs is 2. The molecule has 0 unspecified atom stereocenters. The van der Waals surface area contributed by atoms with Crippen molar-refractivity contribution < 1.29 is 14.0 Å². The van der Waals surface area contributed by atoms with Crippen LogP contribution in [0.15, 0.2) is 30.3 Å². The molecule has 26 heavy (non-hydrogen) atoms. The molecule has 130 valence electrons. The highest BCUT2D eigenvalue weighted by molar-refractivity contribution is 6.02. The Morgan fingerprint density at radius 2 is 2.08 bits per heavy atom. The van der Waals surface area contributed by atoms with Crippen molar-refractivity contribution in [2.75, 3.05) is 0 Å². The molecule has 4 rings (SSSR count). The van der Waals surface area contributed by atoms with Gasteiger partial charge in [0.2, 0.25) is 0 Å². The van der Waals surface area contributed by atoms with Gasteiger partial charge in [0, 0.05) is 23.1 Å². The number of nitrogens with zero attached hydrogens (tertiary/aromatic N) is 2. The largest absolute Gasteiger partial charge is 0.348 e. The first-order valence-corrected chi connectivity index (χ1v) is 7.88. The molecule has 1 aromatic heterocycles. The van der Waals surface area contributed by atoms with E-state index in [0.29, 0.717) is 28.8 Å². The van der Waals surface area contributed by atoms with Crippen LogP contribution in [0.2, 0.25) is 0 Å². The van der Waals surface area contributed by atoms with Crippen LogP contribution >= 0.6 is 0 Å². The SMILES string of the molecule is Cc1cc(F)c2cc(C(=O)NN)nnc2c1-c1ccc2c(c1)CNC2=O. The van der Waals surface area contributed by atoms with Crippen LogP contribution in [0.25, 0.3) is 22.0 Å². The lowest BCUT2D eigenvalue weighted by molar-refractivity contribution is 0.0945. The summed E-state index contributed by atoms with van der Waals surface area (Å²) in [7, 11) is 0. The molecule has 1 aliphatic heterocycles. The molecule has 0 saturated carbocycles. The Morgan fingerprint density at radius 1 is 1.27 bits per heavy atom. The lowest BCUT2D eigenvalue weighted by atomic mass is 9.94. The highest BCUT2D eigenvalue weighted by Crippen LogP contribution is 2.34. The Kier molecular flexibility index (Phi) is 3.62. The molecular weight excluding hydrogens is 337 g/mol. The Morgan fingerprint density at radius 3 is 2.85 bits per heavy atom. The highest BCUT2D eigenvalue weighted by Gasteiger charge is 2.21. The topological polar surface area (TPSA) is 110 Å². The van der Waals surface area contributed by atoms with E-state index in [0.717, 1.165) is 11.1 Å². The van der Waals surface area contributed by atoms with E-state index in [2.05, 4.69) is 15.5 Å². The van der Waals surface area contributed by atoms with Crippen molar-refractivity contribution in [3.63, 3.8) is 0 Å². The van der Waals surface area contributed by atoms with E-state index in [4.69, 9.17) is 5.84 Å². The second-order valence-electron chi connectivity index (χ2n) is 6.07. The molecule has 2 heterocycles. The Hall–Kier alpha value is -3.39. The van der Waals surface area contributed by atoms with Crippen LogP contribution in [0.4, 0.5) is 4.39 Å². The Labute approximate surface area is 147 Å². The molecule has 2 amide bonds. The highest BCUT2D eigenvalue weighted by atomic mass is 19.1. The van der Waals surface area contributed by atoms with E-state index < -0.39 is 11.7 Å². The number of rotatable bonds is 2. The molecule has 2 aromatic carbocycles. The molecule has 1 aliphatic rings. The number of carbonyl (C=O) groups excluding carboxylic acids is 2. The summed E-state index contributed by atoms with van der Waals surface area (Å²) in [6.45, 7) is 2.23. The summed E-state index contributed by atoms with van der Waals surface area (Å²) in [5, 5.41) is 10.9.